The molecule has 0 aliphatic carbocycles. The highest BCUT2D eigenvalue weighted by Crippen LogP contribution is 2.20. The zero-order valence-electron chi connectivity index (χ0n) is 12.9. The number of nitrogens with one attached hydrogen (secondary N) is 1. The smallest absolute Gasteiger partial charge is 0.325 e. The molecule has 0 radical (unpaired) electrons. The molecule has 0 aromatic heterocycles. The molecule has 1 N–H and O–H groups in total. The van der Waals surface area contributed by atoms with E-state index >= 15 is 0 Å². The molecule has 0 saturated carbocycles. The van der Waals surface area contributed by atoms with Crippen LogP contribution in [0.15, 0.2) is 42.5 Å². The Balaban J connectivity index is 1.68. The summed E-state index contributed by atoms with van der Waals surface area (Å²) in [4.78, 5) is 23.5. The van der Waals surface area contributed by atoms with E-state index in [1.54, 1.807) is 0 Å². The molecule has 1 amide bonds. The third-order valence-corrected chi connectivity index (χ3v) is 3.55. The van der Waals surface area contributed by atoms with E-state index in [9.17, 15) is 14.0 Å². The van der Waals surface area contributed by atoms with Crippen LogP contribution in [0.3, 0.4) is 0 Å². The zero-order chi connectivity index (χ0) is 18.2. The second kappa shape index (κ2) is 9.25. The van der Waals surface area contributed by atoms with Gasteiger partial charge in [0.05, 0.1) is 10.6 Å². The maximum Gasteiger partial charge on any atom is 0.325 e. The molecule has 0 atom stereocenters. The highest BCUT2D eigenvalue weighted by Gasteiger charge is 2.12. The minimum atomic E-state index is -0.624. The van der Waals surface area contributed by atoms with Crippen molar-refractivity contribution in [2.45, 2.75) is 0 Å². The number of carbonyl (C=O) groups excluding carboxylic acids is 2. The van der Waals surface area contributed by atoms with Gasteiger partial charge < -0.3 is 14.8 Å². The van der Waals surface area contributed by atoms with E-state index in [1.165, 1.54) is 42.5 Å². The van der Waals surface area contributed by atoms with Crippen molar-refractivity contribution in [3.8, 4) is 5.75 Å². The molecule has 0 fully saturated rings. The Labute approximate surface area is 153 Å². The van der Waals surface area contributed by atoms with Crippen molar-refractivity contribution < 1.29 is 23.5 Å². The van der Waals surface area contributed by atoms with Gasteiger partial charge in [0.1, 0.15) is 31.3 Å². The fourth-order valence-electron chi connectivity index (χ4n) is 1.82. The van der Waals surface area contributed by atoms with Gasteiger partial charge >= 0.3 is 5.97 Å². The van der Waals surface area contributed by atoms with Crippen LogP contribution < -0.4 is 10.1 Å². The summed E-state index contributed by atoms with van der Waals surface area (Å²) < 4.78 is 22.9. The normalized spacial score (nSPS) is 10.2. The Morgan fingerprint density at radius 3 is 2.44 bits per heavy atom. The number of amides is 1. The number of halogens is 3. The van der Waals surface area contributed by atoms with Crippen molar-refractivity contribution in [3.63, 3.8) is 0 Å². The van der Waals surface area contributed by atoms with Crippen LogP contribution in [0.5, 0.6) is 5.75 Å². The molecule has 25 heavy (non-hydrogen) atoms. The van der Waals surface area contributed by atoms with Crippen molar-refractivity contribution in [1.29, 1.82) is 0 Å². The molecular formula is C17H14Cl2FNO4. The largest absolute Gasteiger partial charge is 0.490 e. The first-order chi connectivity index (χ1) is 12.0. The van der Waals surface area contributed by atoms with Gasteiger partial charge in [0.2, 0.25) is 0 Å². The molecule has 5 nitrogen and oxygen atoms in total. The molecule has 0 aliphatic heterocycles. The van der Waals surface area contributed by atoms with Gasteiger partial charge in [-0.2, -0.15) is 0 Å². The van der Waals surface area contributed by atoms with E-state index in [-0.39, 0.29) is 36.2 Å². The third kappa shape index (κ3) is 6.25. The lowest BCUT2D eigenvalue weighted by Gasteiger charge is -2.09. The lowest BCUT2D eigenvalue weighted by atomic mass is 10.2. The van der Waals surface area contributed by atoms with Crippen LogP contribution in [0.1, 0.15) is 10.4 Å². The fourth-order valence-corrected chi connectivity index (χ4v) is 2.31. The predicted molar refractivity (Wildman–Crippen MR) is 91.6 cm³/mol. The van der Waals surface area contributed by atoms with Crippen LogP contribution in [-0.2, 0) is 9.53 Å². The minimum absolute atomic E-state index is 0.00617. The monoisotopic (exact) mass is 385 g/mol. The number of benzene rings is 2. The average molecular weight is 386 g/mol. The van der Waals surface area contributed by atoms with Gasteiger partial charge in [-0.05, 0) is 42.5 Å². The van der Waals surface area contributed by atoms with Crippen molar-refractivity contribution in [3.05, 3.63) is 63.9 Å². The molecule has 2 aromatic rings. The predicted octanol–water partition coefficient (Wildman–Crippen LogP) is 3.48. The second-order valence-corrected chi connectivity index (χ2v) is 5.67. The highest BCUT2D eigenvalue weighted by atomic mass is 35.5. The molecule has 132 valence electrons. The Morgan fingerprint density at radius 2 is 1.76 bits per heavy atom. The molecule has 2 aromatic carbocycles. The average Bonchev–Trinajstić information content (AvgIpc) is 2.58. The van der Waals surface area contributed by atoms with E-state index < -0.39 is 11.9 Å². The summed E-state index contributed by atoms with van der Waals surface area (Å²) in [5, 5.41) is 2.99. The summed E-state index contributed by atoms with van der Waals surface area (Å²) in [6.45, 7) is -0.212. The van der Waals surface area contributed by atoms with Crippen LogP contribution in [0.25, 0.3) is 0 Å². The SMILES string of the molecule is O=C(CNC(=O)c1ccc(Cl)cc1Cl)OCCOc1ccc(F)cc1. The van der Waals surface area contributed by atoms with E-state index in [4.69, 9.17) is 32.7 Å². The van der Waals surface area contributed by atoms with Crippen molar-refractivity contribution in [2.75, 3.05) is 19.8 Å². The second-order valence-electron chi connectivity index (χ2n) is 4.83. The molecule has 0 unspecified atom stereocenters. The number of rotatable bonds is 7. The molecule has 2 rings (SSSR count). The van der Waals surface area contributed by atoms with Gasteiger partial charge in [-0.3, -0.25) is 9.59 Å². The molecular weight excluding hydrogens is 372 g/mol. The van der Waals surface area contributed by atoms with Crippen molar-refractivity contribution >= 4 is 35.1 Å². The van der Waals surface area contributed by atoms with Gasteiger partial charge in [-0.15, -0.1) is 0 Å². The molecule has 0 saturated heterocycles. The number of carbonyl (C=O) groups is 2. The van der Waals surface area contributed by atoms with Crippen LogP contribution in [0.2, 0.25) is 10.0 Å². The summed E-state index contributed by atoms with van der Waals surface area (Å²) in [7, 11) is 0. The fraction of sp³-hybridized carbons (Fsp3) is 0.176. The quantitative estimate of drug-likeness (QED) is 0.585. The van der Waals surface area contributed by atoms with Gasteiger partial charge in [-0.25, -0.2) is 4.39 Å². The Bertz CT molecular complexity index is 753. The maximum atomic E-state index is 12.7. The first-order valence-corrected chi connectivity index (χ1v) is 7.98. The first-order valence-electron chi connectivity index (χ1n) is 7.23. The van der Waals surface area contributed by atoms with Crippen molar-refractivity contribution in [1.82, 2.24) is 5.32 Å². The van der Waals surface area contributed by atoms with Gasteiger partial charge in [0.25, 0.3) is 5.91 Å². The van der Waals surface area contributed by atoms with Crippen LogP contribution in [-0.4, -0.2) is 31.6 Å². The molecule has 8 heteroatoms. The third-order valence-electron chi connectivity index (χ3n) is 3.00. The summed E-state index contributed by atoms with van der Waals surface area (Å²) in [6, 6.07) is 9.87. The Morgan fingerprint density at radius 1 is 1.04 bits per heavy atom. The standard InChI is InChI=1S/C17H14Cl2FNO4/c18-11-1-6-14(15(19)9-11)17(23)21-10-16(22)25-8-7-24-13-4-2-12(20)3-5-13/h1-6,9H,7-8,10H2,(H,21,23). The Hall–Kier alpha value is -2.31. The van der Waals surface area contributed by atoms with E-state index in [0.717, 1.165) is 0 Å². The van der Waals surface area contributed by atoms with Crippen LogP contribution >= 0.6 is 23.2 Å². The van der Waals surface area contributed by atoms with Gasteiger partial charge in [0.15, 0.2) is 0 Å². The molecule has 0 spiro atoms. The highest BCUT2D eigenvalue weighted by molar-refractivity contribution is 6.36. The summed E-state index contributed by atoms with van der Waals surface area (Å²) in [5.74, 6) is -1.04. The summed E-state index contributed by atoms with van der Waals surface area (Å²) in [5.41, 5.74) is 0.207. The lowest BCUT2D eigenvalue weighted by Crippen LogP contribution is -2.31. The van der Waals surface area contributed by atoms with Crippen LogP contribution in [0, 0.1) is 5.82 Å². The number of ether oxygens (including phenoxy) is 2. The number of hydrogen-bond acceptors (Lipinski definition) is 4. The zero-order valence-corrected chi connectivity index (χ0v) is 14.4. The van der Waals surface area contributed by atoms with Crippen LogP contribution in [0.4, 0.5) is 4.39 Å². The molecule has 0 aliphatic rings. The lowest BCUT2D eigenvalue weighted by molar-refractivity contribution is -0.143. The van der Waals surface area contributed by atoms with Gasteiger partial charge in [-0.1, -0.05) is 23.2 Å². The molecule has 0 bridgehead atoms. The minimum Gasteiger partial charge on any atom is -0.490 e. The van der Waals surface area contributed by atoms with E-state index in [2.05, 4.69) is 5.32 Å². The van der Waals surface area contributed by atoms with E-state index in [1.807, 2.05) is 0 Å². The summed E-state index contributed by atoms with van der Waals surface area (Å²) in [6.07, 6.45) is 0. The molecule has 0 heterocycles. The topological polar surface area (TPSA) is 64.6 Å². The van der Waals surface area contributed by atoms with Crippen molar-refractivity contribution in [2.24, 2.45) is 0 Å². The van der Waals surface area contributed by atoms with Gasteiger partial charge in [0, 0.05) is 5.02 Å². The number of esters is 1. The Kier molecular flexibility index (Phi) is 7.03. The van der Waals surface area contributed by atoms with E-state index in [0.29, 0.717) is 10.8 Å². The maximum absolute atomic E-state index is 12.7. The first kappa shape index (κ1) is 19.0. The number of hydrogen-bond donors (Lipinski definition) is 1. The summed E-state index contributed by atoms with van der Waals surface area (Å²) >= 11 is 11.7.